The molecule has 2 fully saturated rings. The molecule has 4 heteroatoms. The van der Waals surface area contributed by atoms with Crippen LogP contribution in [0.5, 0.6) is 5.75 Å². The van der Waals surface area contributed by atoms with Gasteiger partial charge >= 0.3 is 0 Å². The topological polar surface area (TPSA) is 32.7 Å². The first kappa shape index (κ1) is 13.8. The van der Waals surface area contributed by atoms with Crippen LogP contribution in [0.1, 0.15) is 25.3 Å². The molecule has 0 bridgehead atoms. The van der Waals surface area contributed by atoms with Crippen LogP contribution in [0.2, 0.25) is 0 Å². The fourth-order valence-electron chi connectivity index (χ4n) is 3.40. The van der Waals surface area contributed by atoms with Gasteiger partial charge in [-0.15, -0.1) is 0 Å². The van der Waals surface area contributed by atoms with E-state index in [0.717, 1.165) is 19.4 Å². The Morgan fingerprint density at radius 3 is 2.85 bits per heavy atom. The summed E-state index contributed by atoms with van der Waals surface area (Å²) in [5.41, 5.74) is 0.0617. The third kappa shape index (κ3) is 2.42. The molecule has 0 amide bonds. The minimum atomic E-state index is -0.574. The molecule has 110 valence electrons. The molecule has 0 spiro atoms. The van der Waals surface area contributed by atoms with Crippen LogP contribution in [0.15, 0.2) is 18.2 Å². The highest BCUT2D eigenvalue weighted by molar-refractivity contribution is 5.30. The van der Waals surface area contributed by atoms with E-state index in [1.165, 1.54) is 6.07 Å². The molecule has 3 rings (SSSR count). The highest BCUT2D eigenvalue weighted by Crippen LogP contribution is 2.47. The van der Waals surface area contributed by atoms with E-state index < -0.39 is 5.60 Å². The normalized spacial score (nSPS) is 30.7. The molecule has 0 aromatic heterocycles. The monoisotopic (exact) mass is 279 g/mol. The Bertz CT molecular complexity index is 503. The third-order valence-corrected chi connectivity index (χ3v) is 4.79. The number of benzene rings is 1. The summed E-state index contributed by atoms with van der Waals surface area (Å²) in [4.78, 5) is 2.15. The van der Waals surface area contributed by atoms with Crippen LogP contribution >= 0.6 is 0 Å². The second-order valence-electron chi connectivity index (χ2n) is 6.29. The van der Waals surface area contributed by atoms with Crippen molar-refractivity contribution >= 4 is 0 Å². The SMILES string of the molecule is COc1ccc(F)c(CN2C[C@@H](C)[C@](O)(C3CC3)C2)c1. The molecule has 3 nitrogen and oxygen atoms in total. The predicted octanol–water partition coefficient (Wildman–Crippen LogP) is 2.43. The lowest BCUT2D eigenvalue weighted by molar-refractivity contribution is -0.00448. The fourth-order valence-corrected chi connectivity index (χ4v) is 3.40. The van der Waals surface area contributed by atoms with Gasteiger partial charge in [0.05, 0.1) is 12.7 Å². The van der Waals surface area contributed by atoms with Crippen LogP contribution in [0.4, 0.5) is 4.39 Å². The molecule has 1 saturated heterocycles. The second-order valence-corrected chi connectivity index (χ2v) is 6.29. The maximum atomic E-state index is 13.9. The van der Waals surface area contributed by atoms with E-state index in [1.807, 2.05) is 0 Å². The van der Waals surface area contributed by atoms with Gasteiger partial charge in [-0.05, 0) is 42.9 Å². The Morgan fingerprint density at radius 1 is 1.45 bits per heavy atom. The first-order valence-corrected chi connectivity index (χ1v) is 7.30. The summed E-state index contributed by atoms with van der Waals surface area (Å²) in [6.45, 7) is 4.10. The first-order chi connectivity index (χ1) is 9.53. The maximum absolute atomic E-state index is 13.9. The standard InChI is InChI=1S/C16H22FNO2/c1-11-8-18(10-16(11,19)13-3-4-13)9-12-7-14(20-2)5-6-15(12)17/h5-7,11,13,19H,3-4,8-10H2,1-2H3/t11-,16+/m1/s1. The van der Waals surface area contributed by atoms with Gasteiger partial charge in [0.25, 0.3) is 0 Å². The Hall–Kier alpha value is -1.13. The number of aliphatic hydroxyl groups is 1. The number of hydrogen-bond acceptors (Lipinski definition) is 3. The lowest BCUT2D eigenvalue weighted by Gasteiger charge is -2.26. The van der Waals surface area contributed by atoms with Gasteiger partial charge in [-0.25, -0.2) is 4.39 Å². The molecule has 0 unspecified atom stereocenters. The van der Waals surface area contributed by atoms with Gasteiger partial charge in [0, 0.05) is 25.2 Å². The highest BCUT2D eigenvalue weighted by atomic mass is 19.1. The van der Waals surface area contributed by atoms with Crippen LogP contribution in [0.3, 0.4) is 0 Å². The van der Waals surface area contributed by atoms with Crippen molar-refractivity contribution in [1.29, 1.82) is 0 Å². The largest absolute Gasteiger partial charge is 0.497 e. The summed E-state index contributed by atoms with van der Waals surface area (Å²) in [6.07, 6.45) is 2.25. The van der Waals surface area contributed by atoms with E-state index in [4.69, 9.17) is 4.74 Å². The van der Waals surface area contributed by atoms with Gasteiger partial charge in [0.1, 0.15) is 11.6 Å². The average Bonchev–Trinajstić information content (AvgIpc) is 3.22. The summed E-state index contributed by atoms with van der Waals surface area (Å²) < 4.78 is 19.0. The number of nitrogens with zero attached hydrogens (tertiary/aromatic N) is 1. The summed E-state index contributed by atoms with van der Waals surface area (Å²) >= 11 is 0. The van der Waals surface area contributed by atoms with Gasteiger partial charge in [-0.3, -0.25) is 4.90 Å². The predicted molar refractivity (Wildman–Crippen MR) is 75.1 cm³/mol. The maximum Gasteiger partial charge on any atom is 0.127 e. The average molecular weight is 279 g/mol. The van der Waals surface area contributed by atoms with Crippen molar-refractivity contribution in [1.82, 2.24) is 4.90 Å². The zero-order valence-electron chi connectivity index (χ0n) is 12.1. The second kappa shape index (κ2) is 5.01. The molecular formula is C16H22FNO2. The number of methoxy groups -OCH3 is 1. The van der Waals surface area contributed by atoms with Gasteiger partial charge in [-0.1, -0.05) is 6.92 Å². The Kier molecular flexibility index (Phi) is 3.46. The van der Waals surface area contributed by atoms with Crippen molar-refractivity contribution in [3.8, 4) is 5.75 Å². The van der Waals surface area contributed by atoms with Crippen molar-refractivity contribution < 1.29 is 14.2 Å². The smallest absolute Gasteiger partial charge is 0.127 e. The number of likely N-dealkylation sites (tertiary alicyclic amines) is 1. The van der Waals surface area contributed by atoms with Crippen molar-refractivity contribution in [2.75, 3.05) is 20.2 Å². The summed E-state index contributed by atoms with van der Waals surface area (Å²) in [5, 5.41) is 10.8. The van der Waals surface area contributed by atoms with Crippen LogP contribution in [0.25, 0.3) is 0 Å². The molecule has 1 aliphatic carbocycles. The Labute approximate surface area is 119 Å². The van der Waals surface area contributed by atoms with Crippen LogP contribution < -0.4 is 4.74 Å². The van der Waals surface area contributed by atoms with Crippen LogP contribution in [0, 0.1) is 17.7 Å². The Morgan fingerprint density at radius 2 is 2.20 bits per heavy atom. The van der Waals surface area contributed by atoms with Crippen molar-refractivity contribution in [2.24, 2.45) is 11.8 Å². The molecule has 1 aliphatic heterocycles. The zero-order chi connectivity index (χ0) is 14.3. The van der Waals surface area contributed by atoms with E-state index in [2.05, 4.69) is 11.8 Å². The van der Waals surface area contributed by atoms with Crippen molar-refractivity contribution in [3.05, 3.63) is 29.6 Å². The van der Waals surface area contributed by atoms with Crippen molar-refractivity contribution in [3.63, 3.8) is 0 Å². The zero-order valence-corrected chi connectivity index (χ0v) is 12.1. The number of β-amino-alcohol motifs (C(OH)–C–C–N with tert-alkyl or cyclic N) is 1. The molecule has 1 aromatic rings. The van der Waals surface area contributed by atoms with E-state index in [9.17, 15) is 9.50 Å². The summed E-state index contributed by atoms with van der Waals surface area (Å²) in [6, 6.07) is 4.82. The molecule has 1 saturated carbocycles. The molecule has 2 atom stereocenters. The number of rotatable bonds is 4. The number of ether oxygens (including phenoxy) is 1. The number of halogens is 1. The molecule has 1 aromatic carbocycles. The third-order valence-electron chi connectivity index (χ3n) is 4.79. The Balaban J connectivity index is 1.73. The first-order valence-electron chi connectivity index (χ1n) is 7.30. The van der Waals surface area contributed by atoms with E-state index >= 15 is 0 Å². The van der Waals surface area contributed by atoms with E-state index in [0.29, 0.717) is 30.3 Å². The highest BCUT2D eigenvalue weighted by Gasteiger charge is 2.52. The molecule has 1 N–H and O–H groups in total. The van der Waals surface area contributed by atoms with E-state index in [1.54, 1.807) is 19.2 Å². The summed E-state index contributed by atoms with van der Waals surface area (Å²) in [7, 11) is 1.58. The van der Waals surface area contributed by atoms with E-state index in [-0.39, 0.29) is 11.7 Å². The van der Waals surface area contributed by atoms with Crippen LogP contribution in [-0.4, -0.2) is 35.8 Å². The van der Waals surface area contributed by atoms with Gasteiger partial charge < -0.3 is 9.84 Å². The molecular weight excluding hydrogens is 257 g/mol. The van der Waals surface area contributed by atoms with Gasteiger partial charge in [0.15, 0.2) is 0 Å². The minimum absolute atomic E-state index is 0.208. The molecule has 0 radical (unpaired) electrons. The molecule has 2 aliphatic rings. The van der Waals surface area contributed by atoms with Gasteiger partial charge in [-0.2, -0.15) is 0 Å². The minimum Gasteiger partial charge on any atom is -0.497 e. The van der Waals surface area contributed by atoms with Crippen LogP contribution in [-0.2, 0) is 6.54 Å². The lowest BCUT2D eigenvalue weighted by Crippen LogP contribution is -2.39. The summed E-state index contributed by atoms with van der Waals surface area (Å²) in [5.74, 6) is 1.16. The quantitative estimate of drug-likeness (QED) is 0.919. The fraction of sp³-hybridized carbons (Fsp3) is 0.625. The lowest BCUT2D eigenvalue weighted by atomic mass is 9.88. The molecule has 1 heterocycles. The number of hydrogen-bond donors (Lipinski definition) is 1. The van der Waals surface area contributed by atoms with Crippen molar-refractivity contribution in [2.45, 2.75) is 31.9 Å². The van der Waals surface area contributed by atoms with Gasteiger partial charge in [0.2, 0.25) is 0 Å². The molecule has 20 heavy (non-hydrogen) atoms.